The third-order valence-corrected chi connectivity index (χ3v) is 0.729. The molecule has 1 amide bonds. The SMILES string of the molecule is C/C(=C/C(=O)O)C(N)=O. The second kappa shape index (κ2) is 2.86. The van der Waals surface area contributed by atoms with Crippen LogP contribution >= 0.6 is 0 Å². The first-order chi connectivity index (χ1) is 4.04. The number of carboxylic acid groups (broad SMARTS) is 1. The van der Waals surface area contributed by atoms with Crippen LogP contribution < -0.4 is 5.73 Å². The summed E-state index contributed by atoms with van der Waals surface area (Å²) < 4.78 is 0. The van der Waals surface area contributed by atoms with Crippen molar-refractivity contribution in [2.45, 2.75) is 6.92 Å². The quantitative estimate of drug-likeness (QED) is 0.493. The molecule has 0 aliphatic rings. The lowest BCUT2D eigenvalue weighted by atomic mass is 10.3. The van der Waals surface area contributed by atoms with Crippen LogP contribution in [0.1, 0.15) is 6.92 Å². The van der Waals surface area contributed by atoms with Gasteiger partial charge in [-0.3, -0.25) is 4.79 Å². The minimum absolute atomic E-state index is 0.0440. The highest BCUT2D eigenvalue weighted by Crippen LogP contribution is 1.87. The Kier molecular flexibility index (Phi) is 2.44. The molecule has 0 aromatic rings. The summed E-state index contributed by atoms with van der Waals surface area (Å²) in [5.74, 6) is -1.87. The third-order valence-electron chi connectivity index (χ3n) is 0.729. The van der Waals surface area contributed by atoms with Gasteiger partial charge in [-0.15, -0.1) is 0 Å². The van der Waals surface area contributed by atoms with Gasteiger partial charge >= 0.3 is 5.97 Å². The molecule has 0 saturated heterocycles. The Labute approximate surface area is 52.0 Å². The normalized spacial score (nSPS) is 11.0. The van der Waals surface area contributed by atoms with Gasteiger partial charge in [0, 0.05) is 11.6 Å². The number of hydrogen-bond donors (Lipinski definition) is 2. The Morgan fingerprint density at radius 3 is 2.11 bits per heavy atom. The first kappa shape index (κ1) is 7.68. The Hall–Kier alpha value is -1.32. The zero-order valence-electron chi connectivity index (χ0n) is 4.92. The molecule has 0 fully saturated rings. The Balaban J connectivity index is 4.17. The number of nitrogens with two attached hydrogens (primary N) is 1. The predicted octanol–water partition coefficient (Wildman–Crippen LogP) is -0.497. The van der Waals surface area contributed by atoms with E-state index in [4.69, 9.17) is 10.8 Å². The van der Waals surface area contributed by atoms with E-state index in [1.54, 1.807) is 0 Å². The summed E-state index contributed by atoms with van der Waals surface area (Å²) in [7, 11) is 0. The second-order valence-corrected chi connectivity index (χ2v) is 1.53. The molecule has 0 radical (unpaired) electrons. The highest BCUT2D eigenvalue weighted by atomic mass is 16.4. The molecule has 0 heterocycles. The summed E-state index contributed by atoms with van der Waals surface area (Å²) in [6.45, 7) is 1.34. The van der Waals surface area contributed by atoms with Crippen molar-refractivity contribution < 1.29 is 14.7 Å². The maximum atomic E-state index is 10.1. The van der Waals surface area contributed by atoms with Crippen LogP contribution in [0.25, 0.3) is 0 Å². The predicted molar refractivity (Wildman–Crippen MR) is 30.6 cm³/mol. The summed E-state index contributed by atoms with van der Waals surface area (Å²) in [6, 6.07) is 0. The Morgan fingerprint density at radius 2 is 2.00 bits per heavy atom. The number of carbonyl (C=O) groups is 2. The average Bonchev–Trinajstić information content (AvgIpc) is 1.63. The van der Waals surface area contributed by atoms with Gasteiger partial charge in [0.05, 0.1) is 0 Å². The van der Waals surface area contributed by atoms with Crippen LogP contribution in [0.15, 0.2) is 11.6 Å². The monoisotopic (exact) mass is 129 g/mol. The number of aliphatic carboxylic acids is 1. The standard InChI is InChI=1S/C5H7NO3/c1-3(5(6)9)2-4(7)8/h2H,1H3,(H2,6,9)(H,7,8)/b3-2-. The van der Waals surface area contributed by atoms with Crippen LogP contribution in [0, 0.1) is 0 Å². The molecular formula is C5H7NO3. The minimum atomic E-state index is -1.16. The Morgan fingerprint density at radius 1 is 1.56 bits per heavy atom. The van der Waals surface area contributed by atoms with E-state index < -0.39 is 11.9 Å². The molecule has 50 valence electrons. The summed E-state index contributed by atoms with van der Waals surface area (Å²) >= 11 is 0. The summed E-state index contributed by atoms with van der Waals surface area (Å²) in [5.41, 5.74) is 4.76. The van der Waals surface area contributed by atoms with Crippen molar-refractivity contribution in [3.05, 3.63) is 11.6 Å². The van der Waals surface area contributed by atoms with E-state index in [9.17, 15) is 9.59 Å². The van der Waals surface area contributed by atoms with E-state index in [1.807, 2.05) is 0 Å². The van der Waals surface area contributed by atoms with Gasteiger partial charge < -0.3 is 10.8 Å². The third kappa shape index (κ3) is 3.28. The highest BCUT2D eigenvalue weighted by molar-refractivity contribution is 5.97. The van der Waals surface area contributed by atoms with E-state index in [1.165, 1.54) is 6.92 Å². The highest BCUT2D eigenvalue weighted by Gasteiger charge is 1.98. The zero-order valence-corrected chi connectivity index (χ0v) is 4.92. The van der Waals surface area contributed by atoms with Crippen LogP contribution in [0.3, 0.4) is 0 Å². The van der Waals surface area contributed by atoms with Crippen molar-refractivity contribution in [3.63, 3.8) is 0 Å². The van der Waals surface area contributed by atoms with Crippen molar-refractivity contribution in [1.82, 2.24) is 0 Å². The Bertz CT molecular complexity index is 171. The van der Waals surface area contributed by atoms with E-state index in [2.05, 4.69) is 0 Å². The molecule has 4 heteroatoms. The van der Waals surface area contributed by atoms with Gasteiger partial charge in [0.25, 0.3) is 0 Å². The first-order valence-electron chi connectivity index (χ1n) is 2.25. The van der Waals surface area contributed by atoms with Crippen molar-refractivity contribution >= 4 is 11.9 Å². The largest absolute Gasteiger partial charge is 0.478 e. The van der Waals surface area contributed by atoms with Gasteiger partial charge in [-0.1, -0.05) is 0 Å². The number of amides is 1. The summed E-state index contributed by atoms with van der Waals surface area (Å²) in [4.78, 5) is 20.0. The molecule has 0 spiro atoms. The zero-order chi connectivity index (χ0) is 7.44. The fraction of sp³-hybridized carbons (Fsp3) is 0.200. The van der Waals surface area contributed by atoms with Crippen molar-refractivity contribution in [2.75, 3.05) is 0 Å². The van der Waals surface area contributed by atoms with Gasteiger partial charge in [0.1, 0.15) is 0 Å². The fourth-order valence-corrected chi connectivity index (χ4v) is 0.256. The summed E-state index contributed by atoms with van der Waals surface area (Å²) in [6.07, 6.45) is 0.766. The van der Waals surface area contributed by atoms with E-state index in [0.717, 1.165) is 6.08 Å². The van der Waals surface area contributed by atoms with Crippen molar-refractivity contribution in [1.29, 1.82) is 0 Å². The first-order valence-corrected chi connectivity index (χ1v) is 2.25. The lowest BCUT2D eigenvalue weighted by Gasteiger charge is -1.87. The van der Waals surface area contributed by atoms with Crippen LogP contribution in [-0.4, -0.2) is 17.0 Å². The minimum Gasteiger partial charge on any atom is -0.478 e. The molecule has 0 unspecified atom stereocenters. The van der Waals surface area contributed by atoms with Crippen LogP contribution in [0.5, 0.6) is 0 Å². The van der Waals surface area contributed by atoms with Crippen molar-refractivity contribution in [2.24, 2.45) is 5.73 Å². The number of primary amides is 1. The van der Waals surface area contributed by atoms with Crippen LogP contribution in [-0.2, 0) is 9.59 Å². The topological polar surface area (TPSA) is 80.4 Å². The molecule has 0 aromatic heterocycles. The van der Waals surface area contributed by atoms with Gasteiger partial charge in [0.2, 0.25) is 5.91 Å². The van der Waals surface area contributed by atoms with Crippen molar-refractivity contribution in [3.8, 4) is 0 Å². The molecule has 4 nitrogen and oxygen atoms in total. The molecule has 0 aliphatic heterocycles. The van der Waals surface area contributed by atoms with Crippen LogP contribution in [0.4, 0.5) is 0 Å². The van der Waals surface area contributed by atoms with E-state index >= 15 is 0 Å². The van der Waals surface area contributed by atoms with E-state index in [-0.39, 0.29) is 5.57 Å². The molecule has 0 saturated carbocycles. The number of rotatable bonds is 2. The molecule has 0 aromatic carbocycles. The van der Waals surface area contributed by atoms with Gasteiger partial charge in [-0.2, -0.15) is 0 Å². The maximum absolute atomic E-state index is 10.1. The van der Waals surface area contributed by atoms with Gasteiger partial charge in [-0.05, 0) is 6.92 Å². The van der Waals surface area contributed by atoms with E-state index in [0.29, 0.717) is 0 Å². The molecule has 0 rings (SSSR count). The number of carboxylic acids is 1. The lowest BCUT2D eigenvalue weighted by molar-refractivity contribution is -0.131. The number of carbonyl (C=O) groups excluding carboxylic acids is 1. The van der Waals surface area contributed by atoms with Gasteiger partial charge in [-0.25, -0.2) is 4.79 Å². The smallest absolute Gasteiger partial charge is 0.328 e. The second-order valence-electron chi connectivity index (χ2n) is 1.53. The number of hydrogen-bond acceptors (Lipinski definition) is 2. The average molecular weight is 129 g/mol. The lowest BCUT2D eigenvalue weighted by Crippen LogP contribution is -2.12. The fourth-order valence-electron chi connectivity index (χ4n) is 0.256. The molecule has 9 heavy (non-hydrogen) atoms. The van der Waals surface area contributed by atoms with Crippen LogP contribution in [0.2, 0.25) is 0 Å². The molecule has 0 atom stereocenters. The molecule has 0 bridgehead atoms. The molecule has 0 aliphatic carbocycles. The van der Waals surface area contributed by atoms with Gasteiger partial charge in [0.15, 0.2) is 0 Å². The maximum Gasteiger partial charge on any atom is 0.328 e. The summed E-state index contributed by atoms with van der Waals surface area (Å²) in [5, 5.41) is 8.05. The molecular weight excluding hydrogens is 122 g/mol. The molecule has 3 N–H and O–H groups in total.